The van der Waals surface area contributed by atoms with Crippen LogP contribution in [0.25, 0.3) is 4.96 Å². The highest BCUT2D eigenvalue weighted by molar-refractivity contribution is 7.15. The standard InChI is InChI=1S/C11H11N3OS/c1-8(15)11(2,7-12)5-9-6-14-3-4-16-10(14)13-9/h3-4,6H,5H2,1-2H3. The predicted octanol–water partition coefficient (Wildman–Crippen LogP) is 2.06. The molecule has 0 spiro atoms. The Hall–Kier alpha value is -1.67. The van der Waals surface area contributed by atoms with Crippen LogP contribution in [0.5, 0.6) is 0 Å². The number of nitriles is 1. The van der Waals surface area contributed by atoms with E-state index in [2.05, 4.69) is 11.1 Å². The first-order chi connectivity index (χ1) is 7.55. The second-order valence-corrected chi connectivity index (χ2v) is 4.87. The first-order valence-electron chi connectivity index (χ1n) is 4.88. The van der Waals surface area contributed by atoms with E-state index >= 15 is 0 Å². The van der Waals surface area contributed by atoms with Crippen LogP contribution < -0.4 is 0 Å². The van der Waals surface area contributed by atoms with E-state index in [-0.39, 0.29) is 5.78 Å². The van der Waals surface area contributed by atoms with E-state index in [9.17, 15) is 4.79 Å². The van der Waals surface area contributed by atoms with Gasteiger partial charge in [-0.05, 0) is 13.8 Å². The second kappa shape index (κ2) is 3.72. The summed E-state index contributed by atoms with van der Waals surface area (Å²) in [7, 11) is 0. The number of hydrogen-bond acceptors (Lipinski definition) is 4. The molecule has 2 heterocycles. The van der Waals surface area contributed by atoms with Gasteiger partial charge >= 0.3 is 0 Å². The van der Waals surface area contributed by atoms with Crippen LogP contribution in [0.4, 0.5) is 0 Å². The lowest BCUT2D eigenvalue weighted by molar-refractivity contribution is -0.123. The fourth-order valence-electron chi connectivity index (χ4n) is 1.47. The summed E-state index contributed by atoms with van der Waals surface area (Å²) in [6.45, 7) is 3.10. The minimum Gasteiger partial charge on any atom is -0.298 e. The summed E-state index contributed by atoms with van der Waals surface area (Å²) in [6.07, 6.45) is 4.14. The number of carbonyl (C=O) groups excluding carboxylic acids is 1. The van der Waals surface area contributed by atoms with Crippen molar-refractivity contribution in [1.29, 1.82) is 5.26 Å². The monoisotopic (exact) mass is 233 g/mol. The van der Waals surface area contributed by atoms with Crippen LogP contribution in [0.15, 0.2) is 17.8 Å². The number of rotatable bonds is 3. The minimum atomic E-state index is -0.968. The molecular weight excluding hydrogens is 222 g/mol. The van der Waals surface area contributed by atoms with E-state index < -0.39 is 5.41 Å². The topological polar surface area (TPSA) is 58.2 Å². The Morgan fingerprint density at radius 3 is 3.06 bits per heavy atom. The van der Waals surface area contributed by atoms with E-state index in [0.717, 1.165) is 10.7 Å². The van der Waals surface area contributed by atoms with E-state index in [4.69, 9.17) is 5.26 Å². The molecule has 0 aliphatic carbocycles. The van der Waals surface area contributed by atoms with Gasteiger partial charge < -0.3 is 0 Å². The van der Waals surface area contributed by atoms with Gasteiger partial charge in [0, 0.05) is 24.2 Å². The normalized spacial score (nSPS) is 14.6. The minimum absolute atomic E-state index is 0.119. The molecule has 0 fully saturated rings. The van der Waals surface area contributed by atoms with Gasteiger partial charge in [0.2, 0.25) is 0 Å². The van der Waals surface area contributed by atoms with Gasteiger partial charge in [0.1, 0.15) is 11.2 Å². The fourth-order valence-corrected chi connectivity index (χ4v) is 2.19. The van der Waals surface area contributed by atoms with E-state index in [0.29, 0.717) is 6.42 Å². The molecule has 0 aliphatic heterocycles. The lowest BCUT2D eigenvalue weighted by atomic mass is 9.83. The van der Waals surface area contributed by atoms with Crippen LogP contribution >= 0.6 is 11.3 Å². The van der Waals surface area contributed by atoms with Gasteiger partial charge in [-0.2, -0.15) is 5.26 Å². The summed E-state index contributed by atoms with van der Waals surface area (Å²) in [5, 5.41) is 11.0. The molecular formula is C11H11N3OS. The van der Waals surface area contributed by atoms with Crippen molar-refractivity contribution in [2.75, 3.05) is 0 Å². The Balaban J connectivity index is 2.31. The van der Waals surface area contributed by atoms with Crippen LogP contribution in [-0.2, 0) is 11.2 Å². The number of ketones is 1. The Morgan fingerprint density at radius 2 is 2.50 bits per heavy atom. The average Bonchev–Trinajstić information content (AvgIpc) is 2.77. The molecule has 2 aromatic heterocycles. The smallest absolute Gasteiger partial charge is 0.193 e. The number of nitrogens with zero attached hydrogens (tertiary/aromatic N) is 3. The third-order valence-corrected chi connectivity index (χ3v) is 3.47. The summed E-state index contributed by atoms with van der Waals surface area (Å²) in [5.74, 6) is -0.119. The van der Waals surface area contributed by atoms with Crippen molar-refractivity contribution in [3.63, 3.8) is 0 Å². The number of thiazole rings is 1. The maximum atomic E-state index is 11.4. The fraction of sp³-hybridized carbons (Fsp3) is 0.364. The molecule has 1 unspecified atom stereocenters. The number of hydrogen-bond donors (Lipinski definition) is 0. The zero-order chi connectivity index (χ0) is 11.8. The third-order valence-electron chi connectivity index (χ3n) is 2.70. The second-order valence-electron chi connectivity index (χ2n) is 4.00. The summed E-state index contributed by atoms with van der Waals surface area (Å²) in [6, 6.07) is 2.07. The zero-order valence-electron chi connectivity index (χ0n) is 9.10. The SMILES string of the molecule is CC(=O)C(C)(C#N)Cc1cn2ccsc2n1. The van der Waals surface area contributed by atoms with Gasteiger partial charge in [0.05, 0.1) is 11.8 Å². The molecule has 0 saturated carbocycles. The van der Waals surface area contributed by atoms with E-state index in [1.165, 1.54) is 18.3 Å². The van der Waals surface area contributed by atoms with Gasteiger partial charge in [-0.1, -0.05) is 0 Å². The molecule has 0 amide bonds. The maximum Gasteiger partial charge on any atom is 0.193 e. The summed E-state index contributed by atoms with van der Waals surface area (Å²) < 4.78 is 1.90. The molecule has 0 saturated heterocycles. The van der Waals surface area contributed by atoms with Crippen molar-refractivity contribution in [3.8, 4) is 6.07 Å². The molecule has 16 heavy (non-hydrogen) atoms. The zero-order valence-corrected chi connectivity index (χ0v) is 9.91. The molecule has 0 aromatic carbocycles. The van der Waals surface area contributed by atoms with Crippen molar-refractivity contribution in [3.05, 3.63) is 23.5 Å². The van der Waals surface area contributed by atoms with Crippen molar-refractivity contribution >= 4 is 22.1 Å². The summed E-state index contributed by atoms with van der Waals surface area (Å²) in [5.41, 5.74) is -0.185. The molecule has 2 aromatic rings. The van der Waals surface area contributed by atoms with Crippen molar-refractivity contribution in [2.24, 2.45) is 5.41 Å². The van der Waals surface area contributed by atoms with Crippen molar-refractivity contribution in [1.82, 2.24) is 9.38 Å². The van der Waals surface area contributed by atoms with Gasteiger partial charge in [0.25, 0.3) is 0 Å². The quantitative estimate of drug-likeness (QED) is 0.815. The number of imidazole rings is 1. The van der Waals surface area contributed by atoms with E-state index in [1.54, 1.807) is 6.92 Å². The molecule has 2 rings (SSSR count). The molecule has 0 bridgehead atoms. The highest BCUT2D eigenvalue weighted by Gasteiger charge is 2.31. The van der Waals surface area contributed by atoms with Crippen LogP contribution in [0, 0.1) is 16.7 Å². The third kappa shape index (κ3) is 1.72. The van der Waals surface area contributed by atoms with Gasteiger partial charge in [0.15, 0.2) is 4.96 Å². The lowest BCUT2D eigenvalue weighted by Crippen LogP contribution is -2.26. The Labute approximate surface area is 97.2 Å². The van der Waals surface area contributed by atoms with Crippen LogP contribution in [0.2, 0.25) is 0 Å². The van der Waals surface area contributed by atoms with Gasteiger partial charge in [-0.25, -0.2) is 4.98 Å². The van der Waals surface area contributed by atoms with Gasteiger partial charge in [-0.3, -0.25) is 9.20 Å². The van der Waals surface area contributed by atoms with E-state index in [1.807, 2.05) is 22.2 Å². The maximum absolute atomic E-state index is 11.4. The molecule has 1 atom stereocenters. The molecule has 4 nitrogen and oxygen atoms in total. The molecule has 0 radical (unpaired) electrons. The first kappa shape index (κ1) is 10.8. The molecule has 0 N–H and O–H groups in total. The van der Waals surface area contributed by atoms with Crippen molar-refractivity contribution in [2.45, 2.75) is 20.3 Å². The lowest BCUT2D eigenvalue weighted by Gasteiger charge is -2.15. The predicted molar refractivity (Wildman–Crippen MR) is 61.2 cm³/mol. The largest absolute Gasteiger partial charge is 0.298 e. The Bertz CT molecular complexity index is 549. The highest BCUT2D eigenvalue weighted by Crippen LogP contribution is 2.23. The molecule has 0 aliphatic rings. The van der Waals surface area contributed by atoms with Gasteiger partial charge in [-0.15, -0.1) is 11.3 Å². The Morgan fingerprint density at radius 1 is 1.75 bits per heavy atom. The Kier molecular flexibility index (Phi) is 2.52. The summed E-state index contributed by atoms with van der Waals surface area (Å²) >= 11 is 1.53. The highest BCUT2D eigenvalue weighted by atomic mass is 32.1. The number of fused-ring (bicyclic) bond motifs is 1. The van der Waals surface area contributed by atoms with Crippen molar-refractivity contribution < 1.29 is 4.79 Å². The molecule has 5 heteroatoms. The number of carbonyl (C=O) groups is 1. The summed E-state index contributed by atoms with van der Waals surface area (Å²) in [4.78, 5) is 16.7. The number of Topliss-reactive ketones (excluding diaryl/α,β-unsaturated/α-hetero) is 1. The number of aromatic nitrogens is 2. The first-order valence-corrected chi connectivity index (χ1v) is 5.76. The van der Waals surface area contributed by atoms with Crippen LogP contribution in [0.1, 0.15) is 19.5 Å². The molecule has 82 valence electrons. The van der Waals surface area contributed by atoms with Crippen LogP contribution in [-0.4, -0.2) is 15.2 Å². The van der Waals surface area contributed by atoms with Crippen LogP contribution in [0.3, 0.4) is 0 Å². The average molecular weight is 233 g/mol.